The Morgan fingerprint density at radius 2 is 1.69 bits per heavy atom. The van der Waals surface area contributed by atoms with Gasteiger partial charge in [-0.25, -0.2) is 0 Å². The van der Waals surface area contributed by atoms with Crippen molar-refractivity contribution < 1.29 is 14.4 Å². The standard InChI is InChI=1S/C20H17N3O3/c24-17-13-10-21-20(14-8-4-5-9-15(14)22-19(20)26)16(13)18(25)23(17)11-12-6-2-1-3-7-12/h1-9,13,16,21H,10-11H2,(H,22,26). The lowest BCUT2D eigenvalue weighted by Crippen LogP contribution is -2.51. The van der Waals surface area contributed by atoms with E-state index in [4.69, 9.17) is 0 Å². The van der Waals surface area contributed by atoms with Gasteiger partial charge in [0.05, 0.1) is 18.4 Å². The molecule has 26 heavy (non-hydrogen) atoms. The number of amides is 3. The fourth-order valence-electron chi connectivity index (χ4n) is 4.55. The van der Waals surface area contributed by atoms with Crippen molar-refractivity contribution in [3.05, 3.63) is 65.7 Å². The van der Waals surface area contributed by atoms with E-state index in [1.807, 2.05) is 54.6 Å². The summed E-state index contributed by atoms with van der Waals surface area (Å²) < 4.78 is 0. The number of likely N-dealkylation sites (tertiary alicyclic amines) is 1. The zero-order chi connectivity index (χ0) is 17.9. The van der Waals surface area contributed by atoms with Crippen molar-refractivity contribution in [1.82, 2.24) is 10.2 Å². The number of hydrogen-bond acceptors (Lipinski definition) is 4. The third-order valence-corrected chi connectivity index (χ3v) is 5.73. The molecule has 3 unspecified atom stereocenters. The molecule has 2 aromatic carbocycles. The van der Waals surface area contributed by atoms with Gasteiger partial charge < -0.3 is 5.32 Å². The summed E-state index contributed by atoms with van der Waals surface area (Å²) in [6, 6.07) is 16.8. The van der Waals surface area contributed by atoms with Gasteiger partial charge in [-0.2, -0.15) is 0 Å². The molecule has 2 saturated heterocycles. The van der Waals surface area contributed by atoms with Gasteiger partial charge in [0.15, 0.2) is 0 Å². The van der Waals surface area contributed by atoms with Crippen molar-refractivity contribution in [1.29, 1.82) is 0 Å². The predicted molar refractivity (Wildman–Crippen MR) is 93.7 cm³/mol. The zero-order valence-electron chi connectivity index (χ0n) is 13.9. The Morgan fingerprint density at radius 1 is 0.962 bits per heavy atom. The van der Waals surface area contributed by atoms with Gasteiger partial charge in [-0.1, -0.05) is 48.5 Å². The summed E-state index contributed by atoms with van der Waals surface area (Å²) in [6.07, 6.45) is 0. The number of carbonyl (C=O) groups excluding carboxylic acids is 3. The Hall–Kier alpha value is -2.99. The topological polar surface area (TPSA) is 78.5 Å². The fraction of sp³-hybridized carbons (Fsp3) is 0.250. The number of nitrogens with zero attached hydrogens (tertiary/aromatic N) is 1. The quantitative estimate of drug-likeness (QED) is 0.801. The number of nitrogens with one attached hydrogen (secondary N) is 2. The van der Waals surface area contributed by atoms with Crippen LogP contribution in [0.5, 0.6) is 0 Å². The average Bonchev–Trinajstić information content (AvgIpc) is 3.26. The van der Waals surface area contributed by atoms with Crippen LogP contribution >= 0.6 is 0 Å². The van der Waals surface area contributed by atoms with Crippen molar-refractivity contribution in [3.63, 3.8) is 0 Å². The molecule has 3 heterocycles. The number of anilines is 1. The van der Waals surface area contributed by atoms with Crippen LogP contribution in [0.1, 0.15) is 11.1 Å². The molecule has 3 atom stereocenters. The molecule has 0 aromatic heterocycles. The maximum absolute atomic E-state index is 13.2. The third-order valence-electron chi connectivity index (χ3n) is 5.73. The van der Waals surface area contributed by atoms with Gasteiger partial charge in [0, 0.05) is 17.8 Å². The van der Waals surface area contributed by atoms with Crippen LogP contribution in [0.4, 0.5) is 5.69 Å². The number of benzene rings is 2. The van der Waals surface area contributed by atoms with Crippen molar-refractivity contribution >= 4 is 23.4 Å². The van der Waals surface area contributed by atoms with Gasteiger partial charge in [-0.05, 0) is 11.6 Å². The molecule has 0 aliphatic carbocycles. The van der Waals surface area contributed by atoms with Crippen LogP contribution in [-0.4, -0.2) is 29.2 Å². The minimum atomic E-state index is -1.15. The van der Waals surface area contributed by atoms with Gasteiger partial charge in [-0.15, -0.1) is 0 Å². The first-order valence-corrected chi connectivity index (χ1v) is 8.68. The third kappa shape index (κ3) is 1.82. The molecule has 0 saturated carbocycles. The second-order valence-electron chi connectivity index (χ2n) is 7.02. The number of para-hydroxylation sites is 1. The normalized spacial score (nSPS) is 29.2. The Bertz CT molecular complexity index is 942. The van der Waals surface area contributed by atoms with Gasteiger partial charge in [0.25, 0.3) is 0 Å². The summed E-state index contributed by atoms with van der Waals surface area (Å²) in [4.78, 5) is 40.3. The number of hydrogen-bond donors (Lipinski definition) is 2. The first kappa shape index (κ1) is 15.3. The molecule has 2 fully saturated rings. The number of carbonyl (C=O) groups is 3. The average molecular weight is 347 g/mol. The fourth-order valence-corrected chi connectivity index (χ4v) is 4.55. The monoisotopic (exact) mass is 347 g/mol. The van der Waals surface area contributed by atoms with Crippen molar-refractivity contribution in [2.45, 2.75) is 12.1 Å². The minimum absolute atomic E-state index is 0.203. The number of imide groups is 1. The maximum Gasteiger partial charge on any atom is 0.250 e. The molecule has 6 nitrogen and oxygen atoms in total. The molecule has 3 amide bonds. The second kappa shape index (κ2) is 5.25. The lowest BCUT2D eigenvalue weighted by Gasteiger charge is -2.28. The van der Waals surface area contributed by atoms with E-state index in [-0.39, 0.29) is 24.3 Å². The van der Waals surface area contributed by atoms with E-state index in [1.165, 1.54) is 4.90 Å². The van der Waals surface area contributed by atoms with E-state index < -0.39 is 17.4 Å². The van der Waals surface area contributed by atoms with Crippen LogP contribution in [0, 0.1) is 11.8 Å². The lowest BCUT2D eigenvalue weighted by molar-refractivity contribution is -0.143. The van der Waals surface area contributed by atoms with Gasteiger partial charge in [-0.3, -0.25) is 24.6 Å². The highest BCUT2D eigenvalue weighted by atomic mass is 16.2. The molecule has 0 radical (unpaired) electrons. The van der Waals surface area contributed by atoms with Crippen LogP contribution in [-0.2, 0) is 26.5 Å². The van der Waals surface area contributed by atoms with Gasteiger partial charge in [0.2, 0.25) is 17.7 Å². The van der Waals surface area contributed by atoms with E-state index in [0.29, 0.717) is 12.2 Å². The summed E-state index contributed by atoms with van der Waals surface area (Å²) in [6.45, 7) is 0.563. The smallest absolute Gasteiger partial charge is 0.250 e. The minimum Gasteiger partial charge on any atom is -0.324 e. The molecule has 3 aliphatic rings. The summed E-state index contributed by atoms with van der Waals surface area (Å²) in [5, 5.41) is 6.06. The van der Waals surface area contributed by atoms with E-state index in [0.717, 1.165) is 11.1 Å². The van der Waals surface area contributed by atoms with Crippen LogP contribution in [0.15, 0.2) is 54.6 Å². The van der Waals surface area contributed by atoms with E-state index >= 15 is 0 Å². The molecule has 1 spiro atoms. The molecule has 3 aliphatic heterocycles. The van der Waals surface area contributed by atoms with Crippen molar-refractivity contribution in [2.24, 2.45) is 11.8 Å². The highest BCUT2D eigenvalue weighted by molar-refractivity contribution is 6.14. The van der Waals surface area contributed by atoms with Crippen molar-refractivity contribution in [2.75, 3.05) is 11.9 Å². The Morgan fingerprint density at radius 3 is 2.50 bits per heavy atom. The summed E-state index contributed by atoms with van der Waals surface area (Å²) >= 11 is 0. The van der Waals surface area contributed by atoms with Crippen LogP contribution in [0.3, 0.4) is 0 Å². The molecule has 0 bridgehead atoms. The Kier molecular flexibility index (Phi) is 3.09. The molecular formula is C20H17N3O3. The van der Waals surface area contributed by atoms with Crippen LogP contribution in [0.2, 0.25) is 0 Å². The first-order chi connectivity index (χ1) is 12.6. The van der Waals surface area contributed by atoms with Crippen LogP contribution in [0.25, 0.3) is 0 Å². The van der Waals surface area contributed by atoms with Crippen LogP contribution < -0.4 is 10.6 Å². The summed E-state index contributed by atoms with van der Waals surface area (Å²) in [5.41, 5.74) is 1.19. The molecule has 6 heteroatoms. The van der Waals surface area contributed by atoms with Gasteiger partial charge in [0.1, 0.15) is 5.54 Å². The predicted octanol–water partition coefficient (Wildman–Crippen LogP) is 1.24. The molecule has 5 rings (SSSR count). The first-order valence-electron chi connectivity index (χ1n) is 8.68. The number of rotatable bonds is 2. The highest BCUT2D eigenvalue weighted by Gasteiger charge is 2.67. The highest BCUT2D eigenvalue weighted by Crippen LogP contribution is 2.50. The molecular weight excluding hydrogens is 330 g/mol. The van der Waals surface area contributed by atoms with Crippen molar-refractivity contribution in [3.8, 4) is 0 Å². The molecule has 130 valence electrons. The summed E-state index contributed by atoms with van der Waals surface area (Å²) in [5.74, 6) is -1.95. The Labute approximate surface area is 150 Å². The SMILES string of the molecule is O=C1C2CNC3(C(=O)Nc4ccccc43)C2C(=O)N1Cc1ccccc1. The van der Waals surface area contributed by atoms with E-state index in [2.05, 4.69) is 10.6 Å². The maximum atomic E-state index is 13.2. The van der Waals surface area contributed by atoms with Gasteiger partial charge >= 0.3 is 0 Å². The van der Waals surface area contributed by atoms with E-state index in [1.54, 1.807) is 0 Å². The zero-order valence-corrected chi connectivity index (χ0v) is 13.9. The number of fused-ring (bicyclic) bond motifs is 4. The largest absolute Gasteiger partial charge is 0.324 e. The Balaban J connectivity index is 1.55. The molecule has 2 N–H and O–H groups in total. The lowest BCUT2D eigenvalue weighted by atomic mass is 9.77. The summed E-state index contributed by atoms with van der Waals surface area (Å²) in [7, 11) is 0. The second-order valence-corrected chi connectivity index (χ2v) is 7.02. The van der Waals surface area contributed by atoms with E-state index in [9.17, 15) is 14.4 Å². The molecule has 2 aromatic rings.